The first-order valence-corrected chi connectivity index (χ1v) is 11.7. The summed E-state index contributed by atoms with van der Waals surface area (Å²) in [5.74, 6) is 1.05. The summed E-state index contributed by atoms with van der Waals surface area (Å²) in [4.78, 5) is 22.5. The monoisotopic (exact) mass is 819 g/mol. The number of halogens is 4. The molecule has 27 heavy (non-hydrogen) atoms. The first-order chi connectivity index (χ1) is 12.8. The minimum Gasteiger partial charge on any atom is -0.506 e. The van der Waals surface area contributed by atoms with Gasteiger partial charge in [0.2, 0.25) is 6.41 Å². The van der Waals surface area contributed by atoms with Crippen molar-refractivity contribution in [2.45, 2.75) is 12.5 Å². The van der Waals surface area contributed by atoms with Crippen molar-refractivity contribution in [1.82, 2.24) is 5.32 Å². The number of nitrogens with one attached hydrogen (secondary N) is 1. The smallest absolute Gasteiger partial charge is 0.328 e. The molecule has 1 atom stereocenters. The maximum absolute atomic E-state index is 11.8. The summed E-state index contributed by atoms with van der Waals surface area (Å²) >= 11 is 8.44. The highest BCUT2D eigenvalue weighted by Crippen LogP contribution is 2.36. The van der Waals surface area contributed by atoms with Crippen LogP contribution in [0.5, 0.6) is 17.2 Å². The van der Waals surface area contributed by atoms with Gasteiger partial charge in [0.25, 0.3) is 0 Å². The SMILES string of the molecule is COC(=O)[C@H](Cc1cc(I)c(Oc2cc(I)c(O)c(I)c2)c(I)c1)NC=O. The molecule has 0 unspecified atom stereocenters. The summed E-state index contributed by atoms with van der Waals surface area (Å²) in [5.41, 5.74) is 0.871. The van der Waals surface area contributed by atoms with Crippen molar-refractivity contribution in [2.24, 2.45) is 0 Å². The third kappa shape index (κ3) is 6.19. The molecule has 2 aromatic carbocycles. The lowest BCUT2D eigenvalue weighted by atomic mass is 10.1. The maximum Gasteiger partial charge on any atom is 0.328 e. The Morgan fingerprint density at radius 2 is 1.67 bits per heavy atom. The number of carbonyl (C=O) groups is 2. The van der Waals surface area contributed by atoms with Crippen molar-refractivity contribution in [3.63, 3.8) is 0 Å². The average Bonchev–Trinajstić information content (AvgIpc) is 2.61. The number of methoxy groups -OCH3 is 1. The van der Waals surface area contributed by atoms with Gasteiger partial charge in [0, 0.05) is 6.42 Å². The largest absolute Gasteiger partial charge is 0.506 e. The number of hydrogen-bond donors (Lipinski definition) is 2. The van der Waals surface area contributed by atoms with E-state index in [4.69, 9.17) is 9.47 Å². The quantitative estimate of drug-likeness (QED) is 0.246. The Kier molecular flexibility index (Phi) is 9.11. The van der Waals surface area contributed by atoms with Crippen LogP contribution in [0.4, 0.5) is 0 Å². The normalized spacial score (nSPS) is 11.6. The third-order valence-corrected chi connectivity index (χ3v) is 6.71. The highest BCUT2D eigenvalue weighted by atomic mass is 127. The van der Waals surface area contributed by atoms with E-state index in [1.165, 1.54) is 7.11 Å². The van der Waals surface area contributed by atoms with E-state index >= 15 is 0 Å². The van der Waals surface area contributed by atoms with E-state index in [0.717, 1.165) is 12.7 Å². The fourth-order valence-electron chi connectivity index (χ4n) is 2.22. The Bertz CT molecular complexity index is 828. The van der Waals surface area contributed by atoms with Crippen LogP contribution in [0.1, 0.15) is 5.56 Å². The fraction of sp³-hybridized carbons (Fsp3) is 0.176. The zero-order valence-corrected chi connectivity index (χ0v) is 22.4. The topological polar surface area (TPSA) is 84.9 Å². The number of benzene rings is 2. The van der Waals surface area contributed by atoms with Gasteiger partial charge in [0.05, 0.1) is 21.4 Å². The van der Waals surface area contributed by atoms with Crippen molar-refractivity contribution in [3.8, 4) is 17.2 Å². The second kappa shape index (κ2) is 10.6. The zero-order valence-electron chi connectivity index (χ0n) is 13.8. The molecular weight excluding hydrogens is 806 g/mol. The molecule has 1 amide bonds. The molecule has 2 N–H and O–H groups in total. The van der Waals surface area contributed by atoms with Gasteiger partial charge >= 0.3 is 5.97 Å². The molecule has 0 saturated heterocycles. The fourth-order valence-corrected chi connectivity index (χ4v) is 6.05. The summed E-state index contributed by atoms with van der Waals surface area (Å²) in [5, 5.41) is 12.4. The van der Waals surface area contributed by atoms with Crippen molar-refractivity contribution in [3.05, 3.63) is 44.1 Å². The van der Waals surface area contributed by atoms with Crippen LogP contribution >= 0.6 is 90.4 Å². The van der Waals surface area contributed by atoms with E-state index in [0.29, 0.717) is 31.5 Å². The molecule has 0 spiro atoms. The van der Waals surface area contributed by atoms with E-state index < -0.39 is 12.0 Å². The maximum atomic E-state index is 11.8. The number of hydrogen-bond acceptors (Lipinski definition) is 5. The van der Waals surface area contributed by atoms with Gasteiger partial charge < -0.3 is 19.9 Å². The van der Waals surface area contributed by atoms with Gasteiger partial charge in [-0.2, -0.15) is 0 Å². The number of phenols is 1. The second-order valence-corrected chi connectivity index (χ2v) is 9.94. The summed E-state index contributed by atoms with van der Waals surface area (Å²) in [7, 11) is 1.28. The number of rotatable bonds is 7. The predicted molar refractivity (Wildman–Crippen MR) is 134 cm³/mol. The van der Waals surface area contributed by atoms with Crippen LogP contribution in [-0.2, 0) is 20.7 Å². The number of esters is 1. The van der Waals surface area contributed by atoms with E-state index in [1.54, 1.807) is 12.1 Å². The van der Waals surface area contributed by atoms with E-state index in [2.05, 4.69) is 95.7 Å². The Morgan fingerprint density at radius 3 is 2.15 bits per heavy atom. The molecule has 10 heteroatoms. The molecule has 0 aliphatic carbocycles. The van der Waals surface area contributed by atoms with Crippen molar-refractivity contribution < 1.29 is 24.2 Å². The first-order valence-electron chi connectivity index (χ1n) is 7.38. The minimum atomic E-state index is -0.744. The molecule has 0 heterocycles. The standard InChI is InChI=1S/C17H13I4NO5/c1-26-17(25)14(22-7-23)4-8-2-12(20)16(13(21)3-8)27-9-5-10(18)15(24)11(19)6-9/h2-3,5-7,14,24H,4H2,1H3,(H,22,23)/t14-/m0/s1. The van der Waals surface area contributed by atoms with Crippen LogP contribution < -0.4 is 10.1 Å². The zero-order chi connectivity index (χ0) is 20.1. The van der Waals surface area contributed by atoms with Crippen molar-refractivity contribution in [2.75, 3.05) is 7.11 Å². The number of amides is 1. The summed E-state index contributed by atoms with van der Waals surface area (Å²) in [6.45, 7) is 0. The van der Waals surface area contributed by atoms with Crippen LogP contribution in [-0.4, -0.2) is 30.6 Å². The minimum absolute atomic E-state index is 0.236. The summed E-state index contributed by atoms with van der Waals surface area (Å²) in [6.07, 6.45) is 0.801. The molecule has 0 aliphatic heterocycles. The average molecular weight is 819 g/mol. The molecule has 6 nitrogen and oxygen atoms in total. The molecule has 2 rings (SSSR count). The number of phenolic OH excluding ortho intramolecular Hbond substituents is 1. The molecule has 0 saturated carbocycles. The predicted octanol–water partition coefficient (Wildman–Crippen LogP) is 4.43. The van der Waals surface area contributed by atoms with Gasteiger partial charge in [-0.25, -0.2) is 4.79 Å². The molecule has 0 fully saturated rings. The van der Waals surface area contributed by atoms with Gasteiger partial charge in [0.1, 0.15) is 17.5 Å². The lowest BCUT2D eigenvalue weighted by molar-refractivity contribution is -0.144. The van der Waals surface area contributed by atoms with Crippen molar-refractivity contribution in [1.29, 1.82) is 0 Å². The van der Waals surface area contributed by atoms with Crippen LogP contribution in [0.15, 0.2) is 24.3 Å². The Balaban J connectivity index is 2.29. The highest BCUT2D eigenvalue weighted by molar-refractivity contribution is 14.1. The number of carbonyl (C=O) groups excluding carboxylic acids is 2. The van der Waals surface area contributed by atoms with Crippen molar-refractivity contribution >= 4 is 103 Å². The lowest BCUT2D eigenvalue weighted by Crippen LogP contribution is -2.38. The lowest BCUT2D eigenvalue weighted by Gasteiger charge is -2.16. The first kappa shape index (κ1) is 23.2. The number of aromatic hydroxyl groups is 1. The summed E-state index contributed by atoms with van der Waals surface area (Å²) < 4.78 is 13.9. The molecule has 0 aliphatic rings. The Hall–Kier alpha value is -0.100. The van der Waals surface area contributed by atoms with Gasteiger partial charge in [-0.3, -0.25) is 4.79 Å². The van der Waals surface area contributed by atoms with Crippen LogP contribution in [0.3, 0.4) is 0 Å². The van der Waals surface area contributed by atoms with E-state index in [-0.39, 0.29) is 5.75 Å². The Labute approximate surface area is 210 Å². The Morgan fingerprint density at radius 1 is 1.11 bits per heavy atom. The molecule has 0 bridgehead atoms. The highest BCUT2D eigenvalue weighted by Gasteiger charge is 2.20. The second-order valence-electron chi connectivity index (χ2n) is 5.29. The van der Waals surface area contributed by atoms with Gasteiger partial charge in [-0.1, -0.05) is 0 Å². The van der Waals surface area contributed by atoms with Crippen LogP contribution in [0.25, 0.3) is 0 Å². The molecular formula is C17H13I4NO5. The third-order valence-electron chi connectivity index (χ3n) is 3.46. The van der Waals surface area contributed by atoms with E-state index in [1.807, 2.05) is 12.1 Å². The molecule has 144 valence electrons. The molecule has 0 radical (unpaired) electrons. The van der Waals surface area contributed by atoms with Gasteiger partial charge in [-0.05, 0) is 120 Å². The van der Waals surface area contributed by atoms with Gasteiger partial charge in [0.15, 0.2) is 5.75 Å². The van der Waals surface area contributed by atoms with E-state index in [9.17, 15) is 14.7 Å². The summed E-state index contributed by atoms with van der Waals surface area (Å²) in [6, 6.07) is 6.58. The molecule has 2 aromatic rings. The van der Waals surface area contributed by atoms with Crippen LogP contribution in [0, 0.1) is 14.3 Å². The van der Waals surface area contributed by atoms with Gasteiger partial charge in [-0.15, -0.1) is 0 Å². The molecule has 0 aromatic heterocycles. The number of ether oxygens (including phenoxy) is 2. The van der Waals surface area contributed by atoms with Crippen LogP contribution in [0.2, 0.25) is 0 Å².